The van der Waals surface area contributed by atoms with E-state index in [-0.39, 0.29) is 9.74 Å². The van der Waals surface area contributed by atoms with Crippen molar-refractivity contribution >= 4 is 44.5 Å². The third-order valence-corrected chi connectivity index (χ3v) is 8.43. The number of hydrogen-bond donors (Lipinski definition) is 0. The van der Waals surface area contributed by atoms with Gasteiger partial charge in [0.25, 0.3) is 0 Å². The second-order valence-corrected chi connectivity index (χ2v) is 11.3. The Morgan fingerprint density at radius 3 is 2.32 bits per heavy atom. The van der Waals surface area contributed by atoms with Crippen LogP contribution in [-0.2, 0) is 4.79 Å². The fourth-order valence-corrected chi connectivity index (χ4v) is 8.22. The van der Waals surface area contributed by atoms with Crippen molar-refractivity contribution in [2.75, 3.05) is 29.9 Å². The molecule has 5 nitrogen and oxygen atoms in total. The van der Waals surface area contributed by atoms with Crippen LogP contribution in [0.15, 0.2) is 24.3 Å². The van der Waals surface area contributed by atoms with Gasteiger partial charge in [0.1, 0.15) is 0 Å². The lowest BCUT2D eigenvalue weighted by Crippen LogP contribution is -2.60. The van der Waals surface area contributed by atoms with Crippen LogP contribution in [0.5, 0.6) is 0 Å². The average molecular weight is 441 g/mol. The lowest BCUT2D eigenvalue weighted by Gasteiger charge is -2.60. The van der Waals surface area contributed by atoms with Crippen LogP contribution in [-0.4, -0.2) is 40.3 Å². The summed E-state index contributed by atoms with van der Waals surface area (Å²) in [5.41, 5.74) is 1.53. The molecule has 0 radical (unpaired) electrons. The van der Waals surface area contributed by atoms with E-state index >= 15 is 0 Å². The molecular formula is C22H25BrN4O. The number of rotatable bonds is 1. The second kappa shape index (κ2) is 5.68. The first-order valence-corrected chi connectivity index (χ1v) is 11.2. The van der Waals surface area contributed by atoms with E-state index in [4.69, 9.17) is 9.97 Å². The molecule has 2 aromatic rings. The molecule has 1 aliphatic heterocycles. The second-order valence-electron chi connectivity index (χ2n) is 9.63. The number of benzene rings is 1. The van der Waals surface area contributed by atoms with Crippen LogP contribution < -0.4 is 9.80 Å². The largest absolute Gasteiger partial charge is 0.355 e. The van der Waals surface area contributed by atoms with Gasteiger partial charge in [0.2, 0.25) is 5.91 Å². The van der Waals surface area contributed by atoms with E-state index < -0.39 is 0 Å². The summed E-state index contributed by atoms with van der Waals surface area (Å²) >= 11 is 4.05. The number of amides is 1. The number of likely N-dealkylation sites (N-methyl/N-ethyl adjacent to an activating group) is 1. The van der Waals surface area contributed by atoms with Crippen LogP contribution in [0.25, 0.3) is 11.0 Å². The number of halogens is 1. The zero-order chi connectivity index (χ0) is 19.1. The minimum atomic E-state index is -0.214. The highest BCUT2D eigenvalue weighted by Gasteiger charge is 2.61. The summed E-state index contributed by atoms with van der Waals surface area (Å²) in [6, 6.07) is 7.94. The molecule has 28 heavy (non-hydrogen) atoms. The number of carbonyl (C=O) groups is 1. The predicted octanol–water partition coefficient (Wildman–Crippen LogP) is 4.15. The van der Waals surface area contributed by atoms with Crippen LogP contribution in [0, 0.1) is 17.3 Å². The molecule has 1 amide bonds. The maximum atomic E-state index is 14.0. The van der Waals surface area contributed by atoms with Crippen LogP contribution >= 0.6 is 15.9 Å². The zero-order valence-corrected chi connectivity index (χ0v) is 17.8. The fraction of sp³-hybridized carbons (Fsp3) is 0.591. The van der Waals surface area contributed by atoms with Crippen LogP contribution in [0.4, 0.5) is 11.6 Å². The molecule has 2 unspecified atom stereocenters. The number of anilines is 2. The molecule has 0 spiro atoms. The van der Waals surface area contributed by atoms with Crippen molar-refractivity contribution in [1.82, 2.24) is 9.97 Å². The summed E-state index contributed by atoms with van der Waals surface area (Å²) in [4.78, 5) is 27.9. The Kier molecular flexibility index (Phi) is 3.49. The summed E-state index contributed by atoms with van der Waals surface area (Å²) in [7, 11) is 2.04. The Morgan fingerprint density at radius 2 is 1.68 bits per heavy atom. The number of carbonyl (C=O) groups excluding carboxylic acids is 1. The number of alkyl halides is 1. The molecule has 1 aromatic heterocycles. The van der Waals surface area contributed by atoms with E-state index in [1.165, 1.54) is 19.3 Å². The average Bonchev–Trinajstić information content (AvgIpc) is 2.65. The fourth-order valence-electron chi connectivity index (χ4n) is 6.77. The van der Waals surface area contributed by atoms with E-state index in [2.05, 4.69) is 20.8 Å². The molecule has 2 heterocycles. The van der Waals surface area contributed by atoms with Gasteiger partial charge in [-0.05, 0) is 62.5 Å². The summed E-state index contributed by atoms with van der Waals surface area (Å²) < 4.78 is 0.178. The highest BCUT2D eigenvalue weighted by atomic mass is 79.9. The first-order valence-electron chi connectivity index (χ1n) is 10.4. The summed E-state index contributed by atoms with van der Waals surface area (Å²) in [6.07, 6.45) is 6.88. The monoisotopic (exact) mass is 440 g/mol. The molecular weight excluding hydrogens is 416 g/mol. The minimum absolute atomic E-state index is 0.178. The van der Waals surface area contributed by atoms with Gasteiger partial charge in [0.15, 0.2) is 11.6 Å². The van der Waals surface area contributed by atoms with Gasteiger partial charge in [-0.15, -0.1) is 0 Å². The highest BCUT2D eigenvalue weighted by Crippen LogP contribution is 2.65. The quantitative estimate of drug-likeness (QED) is 0.624. The number of fused-ring (bicyclic) bond motifs is 2. The number of nitrogens with zero attached hydrogens (tertiary/aromatic N) is 4. The lowest BCUT2D eigenvalue weighted by atomic mass is 9.49. The van der Waals surface area contributed by atoms with E-state index in [9.17, 15) is 4.79 Å². The van der Waals surface area contributed by atoms with Crippen molar-refractivity contribution in [1.29, 1.82) is 0 Å². The Hall–Kier alpha value is -1.69. The number of hydrogen-bond acceptors (Lipinski definition) is 4. The third-order valence-electron chi connectivity index (χ3n) is 7.50. The Morgan fingerprint density at radius 1 is 1.04 bits per heavy atom. The highest BCUT2D eigenvalue weighted by molar-refractivity contribution is 9.10. The summed E-state index contributed by atoms with van der Waals surface area (Å²) in [6.45, 7) is 1.50. The molecule has 146 valence electrons. The van der Waals surface area contributed by atoms with E-state index in [0.29, 0.717) is 24.3 Å². The minimum Gasteiger partial charge on any atom is -0.355 e. The molecule has 2 atom stereocenters. The Labute approximate surface area is 173 Å². The van der Waals surface area contributed by atoms with Crippen molar-refractivity contribution in [2.24, 2.45) is 17.3 Å². The smallest absolute Gasteiger partial charge is 0.234 e. The maximum absolute atomic E-state index is 14.0. The van der Waals surface area contributed by atoms with E-state index in [0.717, 1.165) is 48.5 Å². The molecule has 7 rings (SSSR count). The zero-order valence-electron chi connectivity index (χ0n) is 16.2. The SMILES string of the molecule is CN1CCN(C(=O)C23CC4CC(CC(Br)(C4)C2)C3)c2nc3ccccc3nc21. The molecule has 4 saturated carbocycles. The first-order chi connectivity index (χ1) is 13.4. The normalized spacial score (nSPS) is 36.1. The molecule has 4 fully saturated rings. The van der Waals surface area contributed by atoms with Gasteiger partial charge in [-0.3, -0.25) is 9.69 Å². The van der Waals surface area contributed by atoms with Crippen LogP contribution in [0.2, 0.25) is 0 Å². The Balaban J connectivity index is 1.43. The molecule has 5 aliphatic rings. The van der Waals surface area contributed by atoms with Gasteiger partial charge in [0.05, 0.1) is 16.4 Å². The molecule has 0 N–H and O–H groups in total. The van der Waals surface area contributed by atoms with Crippen molar-refractivity contribution in [3.63, 3.8) is 0 Å². The summed E-state index contributed by atoms with van der Waals surface area (Å²) in [5, 5.41) is 0. The topological polar surface area (TPSA) is 49.3 Å². The molecule has 0 saturated heterocycles. The summed E-state index contributed by atoms with van der Waals surface area (Å²) in [5.74, 6) is 3.26. The van der Waals surface area contributed by atoms with Crippen molar-refractivity contribution in [3.8, 4) is 0 Å². The van der Waals surface area contributed by atoms with Gasteiger partial charge in [0, 0.05) is 24.5 Å². The third kappa shape index (κ3) is 2.39. The lowest BCUT2D eigenvalue weighted by molar-refractivity contribution is -0.141. The maximum Gasteiger partial charge on any atom is 0.234 e. The van der Waals surface area contributed by atoms with Gasteiger partial charge in [-0.25, -0.2) is 9.97 Å². The van der Waals surface area contributed by atoms with Gasteiger partial charge in [-0.1, -0.05) is 28.1 Å². The van der Waals surface area contributed by atoms with E-state index in [1.54, 1.807) is 0 Å². The van der Waals surface area contributed by atoms with E-state index in [1.807, 2.05) is 36.2 Å². The molecule has 6 heteroatoms. The van der Waals surface area contributed by atoms with Gasteiger partial charge >= 0.3 is 0 Å². The molecule has 4 aliphatic carbocycles. The predicted molar refractivity (Wildman–Crippen MR) is 114 cm³/mol. The van der Waals surface area contributed by atoms with Gasteiger partial charge < -0.3 is 4.90 Å². The van der Waals surface area contributed by atoms with Crippen molar-refractivity contribution < 1.29 is 4.79 Å². The van der Waals surface area contributed by atoms with Crippen molar-refractivity contribution in [2.45, 2.75) is 42.8 Å². The van der Waals surface area contributed by atoms with Crippen molar-refractivity contribution in [3.05, 3.63) is 24.3 Å². The Bertz CT molecular complexity index is 978. The number of para-hydroxylation sites is 2. The van der Waals surface area contributed by atoms with Crippen LogP contribution in [0.3, 0.4) is 0 Å². The standard InChI is InChI=1S/C22H25BrN4O/c1-26-6-7-27(19-18(26)24-16-4-2-3-5-17(16)25-19)20(28)21-9-14-8-15(10-21)12-22(23,11-14)13-21/h2-5,14-15H,6-13H2,1H3. The first kappa shape index (κ1) is 17.2. The number of aromatic nitrogens is 2. The molecule has 4 bridgehead atoms. The van der Waals surface area contributed by atoms with Gasteiger partial charge in [-0.2, -0.15) is 0 Å². The van der Waals surface area contributed by atoms with Crippen LogP contribution in [0.1, 0.15) is 38.5 Å². The molecule has 1 aromatic carbocycles.